The first-order chi connectivity index (χ1) is 11.4. The van der Waals surface area contributed by atoms with Gasteiger partial charge in [-0.25, -0.2) is 8.78 Å². The van der Waals surface area contributed by atoms with E-state index in [1.807, 2.05) is 0 Å². The van der Waals surface area contributed by atoms with Gasteiger partial charge in [0.2, 0.25) is 0 Å². The summed E-state index contributed by atoms with van der Waals surface area (Å²) in [5, 5.41) is 0. The third-order valence-corrected chi connectivity index (χ3v) is 2.77. The van der Waals surface area contributed by atoms with Crippen molar-refractivity contribution < 1.29 is 44.4 Å². The molecule has 133 valence electrons. The Morgan fingerprint density at radius 1 is 0.600 bits per heavy atom. The molecule has 0 spiro atoms. The van der Waals surface area contributed by atoms with Crippen molar-refractivity contribution in [1.29, 1.82) is 0 Å². The van der Waals surface area contributed by atoms with Crippen LogP contribution < -0.4 is 9.31 Å². The Bertz CT molecular complexity index is 694. The van der Waals surface area contributed by atoms with Crippen LogP contribution in [0.2, 0.25) is 0 Å². The van der Waals surface area contributed by atoms with E-state index in [1.165, 1.54) is 0 Å². The average Bonchev–Trinajstić information content (AvgIpc) is 2.44. The lowest BCUT2D eigenvalue weighted by Gasteiger charge is -2.12. The van der Waals surface area contributed by atoms with E-state index in [1.54, 1.807) is 0 Å². The first-order valence-corrected chi connectivity index (χ1v) is 6.36. The zero-order valence-electron chi connectivity index (χ0n) is 11.9. The second-order valence-corrected chi connectivity index (χ2v) is 4.68. The van der Waals surface area contributed by atoms with Crippen molar-refractivity contribution in [1.82, 2.24) is 0 Å². The SMILES string of the molecule is Fc1cc(O[B]Oc2cc(F)cc(C(F)(F)F)c2)cc(C(F)(F)F)c1. The molecule has 0 N–H and O–H groups in total. The van der Waals surface area contributed by atoms with E-state index in [4.69, 9.17) is 0 Å². The van der Waals surface area contributed by atoms with Gasteiger partial charge in [-0.1, -0.05) is 0 Å². The van der Waals surface area contributed by atoms with Gasteiger partial charge in [0.25, 0.3) is 0 Å². The van der Waals surface area contributed by atoms with Crippen molar-refractivity contribution >= 4 is 7.69 Å². The number of rotatable bonds is 4. The Hall–Kier alpha value is -2.46. The summed E-state index contributed by atoms with van der Waals surface area (Å²) in [6, 6.07) is 2.57. The highest BCUT2D eigenvalue weighted by Gasteiger charge is 2.32. The predicted molar refractivity (Wildman–Crippen MR) is 69.8 cm³/mol. The Labute approximate surface area is 136 Å². The number of benzene rings is 2. The summed E-state index contributed by atoms with van der Waals surface area (Å²) in [7, 11) is 0.351. The molecular weight excluding hydrogens is 363 g/mol. The Morgan fingerprint density at radius 2 is 0.960 bits per heavy atom. The van der Waals surface area contributed by atoms with Gasteiger partial charge in [0, 0.05) is 12.1 Å². The van der Waals surface area contributed by atoms with Gasteiger partial charge in [-0.2, -0.15) is 26.3 Å². The quantitative estimate of drug-likeness (QED) is 0.558. The molecule has 0 unspecified atom stereocenters. The van der Waals surface area contributed by atoms with Crippen LogP contribution in [-0.2, 0) is 12.4 Å². The second kappa shape index (κ2) is 6.81. The normalized spacial score (nSPS) is 12.0. The fraction of sp³-hybridized carbons (Fsp3) is 0.143. The fourth-order valence-corrected chi connectivity index (χ4v) is 1.72. The van der Waals surface area contributed by atoms with Crippen LogP contribution in [0.3, 0.4) is 0 Å². The monoisotopic (exact) mass is 369 g/mol. The van der Waals surface area contributed by atoms with Crippen molar-refractivity contribution in [2.45, 2.75) is 12.4 Å². The first-order valence-electron chi connectivity index (χ1n) is 6.36. The van der Waals surface area contributed by atoms with Gasteiger partial charge in [-0.15, -0.1) is 0 Å². The van der Waals surface area contributed by atoms with Gasteiger partial charge in [0.1, 0.15) is 23.1 Å². The summed E-state index contributed by atoms with van der Waals surface area (Å²) in [4.78, 5) is 0. The fourth-order valence-electron chi connectivity index (χ4n) is 1.72. The van der Waals surface area contributed by atoms with E-state index in [2.05, 4.69) is 9.31 Å². The zero-order valence-corrected chi connectivity index (χ0v) is 11.9. The van der Waals surface area contributed by atoms with Gasteiger partial charge in [0.15, 0.2) is 0 Å². The van der Waals surface area contributed by atoms with Gasteiger partial charge in [0.05, 0.1) is 11.1 Å². The molecule has 2 aromatic carbocycles. The molecule has 0 aliphatic carbocycles. The van der Waals surface area contributed by atoms with Gasteiger partial charge in [-0.05, 0) is 24.3 Å². The van der Waals surface area contributed by atoms with Crippen molar-refractivity contribution in [2.24, 2.45) is 0 Å². The van der Waals surface area contributed by atoms with E-state index in [9.17, 15) is 35.1 Å². The predicted octanol–water partition coefficient (Wildman–Crippen LogP) is 4.99. The van der Waals surface area contributed by atoms with Gasteiger partial charge < -0.3 is 9.31 Å². The third kappa shape index (κ3) is 5.26. The highest BCUT2D eigenvalue weighted by molar-refractivity contribution is 6.20. The summed E-state index contributed by atoms with van der Waals surface area (Å²) in [5.41, 5.74) is -2.66. The lowest BCUT2D eigenvalue weighted by Crippen LogP contribution is -2.13. The zero-order chi connectivity index (χ0) is 18.8. The molecule has 1 radical (unpaired) electrons. The number of halogens is 8. The molecule has 0 saturated carbocycles. The van der Waals surface area contributed by atoms with E-state index in [0.717, 1.165) is 0 Å². The van der Waals surface area contributed by atoms with Crippen molar-refractivity contribution in [3.8, 4) is 11.5 Å². The maximum Gasteiger partial charge on any atom is 0.658 e. The molecule has 0 aromatic heterocycles. The minimum Gasteiger partial charge on any atom is -0.526 e. The molecule has 0 heterocycles. The molecule has 0 bridgehead atoms. The summed E-state index contributed by atoms with van der Waals surface area (Å²) >= 11 is 0. The molecule has 0 aliphatic rings. The molecule has 0 amide bonds. The maximum absolute atomic E-state index is 13.1. The minimum atomic E-state index is -4.83. The Morgan fingerprint density at radius 3 is 1.28 bits per heavy atom. The Kier molecular flexibility index (Phi) is 5.14. The highest BCUT2D eigenvalue weighted by atomic mass is 19.4. The number of alkyl halides is 6. The topological polar surface area (TPSA) is 18.5 Å². The molecule has 0 atom stereocenters. The summed E-state index contributed by atoms with van der Waals surface area (Å²) in [5.74, 6) is -3.72. The molecule has 0 aliphatic heterocycles. The average molecular weight is 369 g/mol. The van der Waals surface area contributed by atoms with Crippen LogP contribution in [0.1, 0.15) is 11.1 Å². The summed E-state index contributed by atoms with van der Waals surface area (Å²) in [6.45, 7) is 0. The molecular formula is C14H6BF8O2. The van der Waals surface area contributed by atoms with Crippen LogP contribution in [0.4, 0.5) is 35.1 Å². The standard InChI is InChI=1S/C14H6BF8O2/c16-9-1-7(13(18,19)20)3-11(5-9)24-15-25-12-4-8(14(21,22)23)2-10(17)6-12/h1-6H. The first kappa shape index (κ1) is 18.9. The lowest BCUT2D eigenvalue weighted by molar-refractivity contribution is -0.138. The minimum absolute atomic E-state index is 0.232. The van der Waals surface area contributed by atoms with Crippen LogP contribution >= 0.6 is 0 Å². The molecule has 2 rings (SSSR count). The van der Waals surface area contributed by atoms with E-state index >= 15 is 0 Å². The van der Waals surface area contributed by atoms with Crippen molar-refractivity contribution in [3.05, 3.63) is 59.2 Å². The summed E-state index contributed by atoms with van der Waals surface area (Å²) in [6.07, 6.45) is -9.66. The van der Waals surface area contributed by atoms with Gasteiger partial charge >= 0.3 is 20.0 Å². The van der Waals surface area contributed by atoms with Crippen LogP contribution in [0.15, 0.2) is 36.4 Å². The molecule has 25 heavy (non-hydrogen) atoms. The molecule has 0 fully saturated rings. The number of hydrogen-bond acceptors (Lipinski definition) is 2. The van der Waals surface area contributed by atoms with Crippen LogP contribution in [-0.4, -0.2) is 7.69 Å². The lowest BCUT2D eigenvalue weighted by atomic mass is 10.2. The van der Waals surface area contributed by atoms with Gasteiger partial charge in [-0.3, -0.25) is 0 Å². The van der Waals surface area contributed by atoms with Crippen LogP contribution in [0.5, 0.6) is 11.5 Å². The third-order valence-electron chi connectivity index (χ3n) is 2.77. The van der Waals surface area contributed by atoms with E-state index < -0.39 is 46.6 Å². The molecule has 0 saturated heterocycles. The van der Waals surface area contributed by atoms with Crippen molar-refractivity contribution in [2.75, 3.05) is 0 Å². The van der Waals surface area contributed by atoms with Crippen LogP contribution in [0, 0.1) is 11.6 Å². The van der Waals surface area contributed by atoms with E-state index in [0.29, 0.717) is 32.0 Å². The van der Waals surface area contributed by atoms with Crippen molar-refractivity contribution in [3.63, 3.8) is 0 Å². The second-order valence-electron chi connectivity index (χ2n) is 4.68. The summed E-state index contributed by atoms with van der Waals surface area (Å²) < 4.78 is 111. The molecule has 2 aromatic rings. The molecule has 11 heteroatoms. The smallest absolute Gasteiger partial charge is 0.526 e. The largest absolute Gasteiger partial charge is 0.658 e. The molecule has 2 nitrogen and oxygen atoms in total. The Balaban J connectivity index is 2.09. The van der Waals surface area contributed by atoms with Crippen LogP contribution in [0.25, 0.3) is 0 Å². The maximum atomic E-state index is 13.1. The number of hydrogen-bond donors (Lipinski definition) is 0. The highest BCUT2D eigenvalue weighted by Crippen LogP contribution is 2.33. The van der Waals surface area contributed by atoms with E-state index in [-0.39, 0.29) is 12.1 Å².